The van der Waals surface area contributed by atoms with E-state index < -0.39 is 18.0 Å². The Morgan fingerprint density at radius 2 is 1.47 bits per heavy atom. The normalized spacial score (nSPS) is 19.6. The summed E-state index contributed by atoms with van der Waals surface area (Å²) >= 11 is 0. The highest BCUT2D eigenvalue weighted by atomic mass is 19.4. The van der Waals surface area contributed by atoms with E-state index in [9.17, 15) is 18.0 Å². The standard InChI is InChI=1S/C33H36F3N5O4/c1-3-23(2)41-32(42)40(22-37-41)28-10-8-26(9-11-28)38-16-18-39(19-17-38)27-12-14-29(15-13-27)43-20-30-21-44-31(45-30)24-4-6-25(7-5-24)33(34,35)36/h4-15,22-23,30-31H,3,16-21H2,1-2H3/t23?,30-,31-/m1/s1. The average molecular weight is 624 g/mol. The molecule has 0 saturated carbocycles. The largest absolute Gasteiger partial charge is 0.491 e. The highest BCUT2D eigenvalue weighted by Crippen LogP contribution is 2.33. The lowest BCUT2D eigenvalue weighted by molar-refractivity contribution is -0.137. The molecule has 9 nitrogen and oxygen atoms in total. The first-order chi connectivity index (χ1) is 21.7. The van der Waals surface area contributed by atoms with Gasteiger partial charge in [-0.05, 0) is 74.0 Å². The predicted octanol–water partition coefficient (Wildman–Crippen LogP) is 5.84. The Kier molecular flexibility index (Phi) is 8.86. The van der Waals surface area contributed by atoms with Gasteiger partial charge in [-0.25, -0.2) is 14.0 Å². The lowest BCUT2D eigenvalue weighted by Crippen LogP contribution is -2.46. The van der Waals surface area contributed by atoms with Gasteiger partial charge in [0.1, 0.15) is 24.8 Å². The van der Waals surface area contributed by atoms with Gasteiger partial charge in [0, 0.05) is 43.1 Å². The number of hydrogen-bond acceptors (Lipinski definition) is 7. The third-order valence-corrected chi connectivity index (χ3v) is 8.37. The number of ether oxygens (including phenoxy) is 3. The first-order valence-electron chi connectivity index (χ1n) is 15.1. The van der Waals surface area contributed by atoms with Crippen molar-refractivity contribution < 1.29 is 27.4 Å². The fourth-order valence-corrected chi connectivity index (χ4v) is 5.50. The molecule has 0 aliphatic carbocycles. The smallest absolute Gasteiger partial charge is 0.416 e. The van der Waals surface area contributed by atoms with Crippen LogP contribution in [0.5, 0.6) is 5.75 Å². The number of benzene rings is 3. The average Bonchev–Trinajstić information content (AvgIpc) is 3.70. The zero-order chi connectivity index (χ0) is 31.6. The number of aromatic nitrogens is 3. The van der Waals surface area contributed by atoms with Gasteiger partial charge in [0.15, 0.2) is 6.29 Å². The quantitative estimate of drug-likeness (QED) is 0.232. The Balaban J connectivity index is 0.966. The molecule has 2 aliphatic heterocycles. The number of nitrogens with zero attached hydrogens (tertiary/aromatic N) is 5. The Labute approximate surface area is 259 Å². The molecular formula is C33H36F3N5O4. The van der Waals surface area contributed by atoms with Crippen LogP contribution in [0.2, 0.25) is 0 Å². The third-order valence-electron chi connectivity index (χ3n) is 8.37. The molecule has 6 rings (SSSR count). The molecule has 2 fully saturated rings. The molecule has 0 amide bonds. The topological polar surface area (TPSA) is 74.0 Å². The van der Waals surface area contributed by atoms with E-state index in [0.29, 0.717) is 11.3 Å². The van der Waals surface area contributed by atoms with Crippen LogP contribution in [0.15, 0.2) is 83.9 Å². The van der Waals surface area contributed by atoms with Gasteiger partial charge in [0.05, 0.1) is 23.9 Å². The van der Waals surface area contributed by atoms with E-state index in [1.54, 1.807) is 10.9 Å². The molecule has 3 aromatic carbocycles. The Morgan fingerprint density at radius 3 is 2.04 bits per heavy atom. The molecule has 12 heteroatoms. The molecule has 0 radical (unpaired) electrons. The van der Waals surface area contributed by atoms with Gasteiger partial charge < -0.3 is 24.0 Å². The summed E-state index contributed by atoms with van der Waals surface area (Å²) in [7, 11) is 0. The summed E-state index contributed by atoms with van der Waals surface area (Å²) in [5.74, 6) is 0.702. The maximum atomic E-state index is 12.8. The summed E-state index contributed by atoms with van der Waals surface area (Å²) < 4.78 is 59.0. The Morgan fingerprint density at radius 1 is 0.889 bits per heavy atom. The fraction of sp³-hybridized carbons (Fsp3) is 0.394. The minimum Gasteiger partial charge on any atom is -0.491 e. The zero-order valence-corrected chi connectivity index (χ0v) is 25.2. The molecule has 0 bridgehead atoms. The summed E-state index contributed by atoms with van der Waals surface area (Å²) in [6.07, 6.45) is -3.01. The first kappa shape index (κ1) is 30.7. The van der Waals surface area contributed by atoms with Crippen molar-refractivity contribution >= 4 is 11.4 Å². The van der Waals surface area contributed by atoms with Gasteiger partial charge in [-0.1, -0.05) is 19.1 Å². The summed E-state index contributed by atoms with van der Waals surface area (Å²) in [6.45, 7) is 8.03. The van der Waals surface area contributed by atoms with Crippen molar-refractivity contribution in [2.75, 3.05) is 49.2 Å². The predicted molar refractivity (Wildman–Crippen MR) is 164 cm³/mol. The molecule has 4 aromatic rings. The van der Waals surface area contributed by atoms with E-state index >= 15 is 0 Å². The maximum Gasteiger partial charge on any atom is 0.416 e. The summed E-state index contributed by atoms with van der Waals surface area (Å²) in [6, 6.07) is 20.8. The summed E-state index contributed by atoms with van der Waals surface area (Å²) in [5, 5.41) is 4.27. The Bertz CT molecular complexity index is 1610. The monoisotopic (exact) mass is 623 g/mol. The summed E-state index contributed by atoms with van der Waals surface area (Å²) in [4.78, 5) is 17.4. The van der Waals surface area contributed by atoms with E-state index in [4.69, 9.17) is 14.2 Å². The van der Waals surface area contributed by atoms with Crippen molar-refractivity contribution in [3.05, 3.63) is 101 Å². The molecule has 45 heavy (non-hydrogen) atoms. The highest BCUT2D eigenvalue weighted by molar-refractivity contribution is 5.54. The van der Waals surface area contributed by atoms with Crippen LogP contribution in [0, 0.1) is 0 Å². The van der Waals surface area contributed by atoms with Gasteiger partial charge in [-0.2, -0.15) is 18.3 Å². The molecule has 0 spiro atoms. The van der Waals surface area contributed by atoms with Crippen LogP contribution in [-0.2, 0) is 15.7 Å². The van der Waals surface area contributed by atoms with Crippen LogP contribution in [-0.4, -0.2) is 59.8 Å². The Hall–Kier alpha value is -4.29. The molecule has 238 valence electrons. The van der Waals surface area contributed by atoms with Crippen LogP contribution in [0.25, 0.3) is 5.69 Å². The van der Waals surface area contributed by atoms with Gasteiger partial charge in [0.25, 0.3) is 0 Å². The van der Waals surface area contributed by atoms with Gasteiger partial charge in [0.2, 0.25) is 0 Å². The van der Waals surface area contributed by atoms with Crippen LogP contribution < -0.4 is 20.2 Å². The minimum absolute atomic E-state index is 0.0547. The van der Waals surface area contributed by atoms with Crippen molar-refractivity contribution in [1.29, 1.82) is 0 Å². The highest BCUT2D eigenvalue weighted by Gasteiger charge is 2.32. The number of alkyl halides is 3. The van der Waals surface area contributed by atoms with Crippen molar-refractivity contribution in [3.63, 3.8) is 0 Å². The number of halogens is 3. The molecule has 3 atom stereocenters. The lowest BCUT2D eigenvalue weighted by atomic mass is 10.1. The molecule has 2 aliphatic rings. The minimum atomic E-state index is -4.38. The number of rotatable bonds is 9. The maximum absolute atomic E-state index is 12.8. The second kappa shape index (κ2) is 13.0. The zero-order valence-electron chi connectivity index (χ0n) is 25.2. The van der Waals surface area contributed by atoms with E-state index in [0.717, 1.165) is 61.8 Å². The van der Waals surface area contributed by atoms with Crippen LogP contribution in [0.3, 0.4) is 0 Å². The van der Waals surface area contributed by atoms with E-state index in [1.165, 1.54) is 16.8 Å². The fourth-order valence-electron chi connectivity index (χ4n) is 5.50. The second-order valence-electron chi connectivity index (χ2n) is 11.3. The van der Waals surface area contributed by atoms with E-state index in [1.807, 2.05) is 50.2 Å². The van der Waals surface area contributed by atoms with Crippen molar-refractivity contribution in [2.45, 2.75) is 44.9 Å². The van der Waals surface area contributed by atoms with Gasteiger partial charge in [-0.3, -0.25) is 0 Å². The van der Waals surface area contributed by atoms with Crippen molar-refractivity contribution in [1.82, 2.24) is 14.3 Å². The number of hydrogen-bond donors (Lipinski definition) is 0. The molecule has 2 saturated heterocycles. The first-order valence-corrected chi connectivity index (χ1v) is 15.1. The molecule has 3 heterocycles. The van der Waals surface area contributed by atoms with Crippen LogP contribution in [0.4, 0.5) is 24.5 Å². The van der Waals surface area contributed by atoms with Crippen LogP contribution in [0.1, 0.15) is 43.7 Å². The van der Waals surface area contributed by atoms with Crippen molar-refractivity contribution in [2.24, 2.45) is 0 Å². The van der Waals surface area contributed by atoms with Crippen molar-refractivity contribution in [3.8, 4) is 11.4 Å². The molecule has 1 unspecified atom stereocenters. The third kappa shape index (κ3) is 6.86. The molecular weight excluding hydrogens is 587 g/mol. The van der Waals surface area contributed by atoms with E-state index in [2.05, 4.69) is 27.0 Å². The van der Waals surface area contributed by atoms with Crippen LogP contribution >= 0.6 is 0 Å². The van der Waals surface area contributed by atoms with Gasteiger partial charge in [-0.15, -0.1) is 0 Å². The SMILES string of the molecule is CCC(C)n1ncn(-c2ccc(N3CCN(c4ccc(OC[C@@H]5CO[C@@H](c6ccc(C(F)(F)F)cc6)O5)cc4)CC3)cc2)c1=O. The molecule has 0 N–H and O–H groups in total. The molecule has 1 aromatic heterocycles. The van der Waals surface area contributed by atoms with E-state index in [-0.39, 0.29) is 31.0 Å². The summed E-state index contributed by atoms with van der Waals surface area (Å²) in [5.41, 5.74) is 2.72. The second-order valence-corrected chi connectivity index (χ2v) is 11.3. The number of piperazine rings is 1. The number of anilines is 2. The van der Waals surface area contributed by atoms with Gasteiger partial charge >= 0.3 is 11.9 Å². The lowest BCUT2D eigenvalue weighted by Gasteiger charge is -2.37.